The fraction of sp³-hybridized carbons (Fsp3) is 0.429. The Labute approximate surface area is 123 Å². The van der Waals surface area contributed by atoms with Crippen molar-refractivity contribution in [3.63, 3.8) is 0 Å². The number of nitrogen functional groups attached to an aromatic ring is 1. The standard InChI is InChI=1S/C14H20N4O3/c1-9-14(20)16-5-6-18(9)8-13(19)17-11-4-3-10(15)7-12(11)21-2/h3-4,7,9H,5-6,8,15H2,1-2H3,(H,16,20)(H,17,19). The first-order valence-corrected chi connectivity index (χ1v) is 6.76. The van der Waals surface area contributed by atoms with Crippen molar-refractivity contribution in [1.82, 2.24) is 10.2 Å². The lowest BCUT2D eigenvalue weighted by atomic mass is 10.2. The number of hydrogen-bond donors (Lipinski definition) is 3. The first kappa shape index (κ1) is 15.1. The Bertz CT molecular complexity index is 547. The Morgan fingerprint density at radius 3 is 3.05 bits per heavy atom. The Morgan fingerprint density at radius 2 is 2.33 bits per heavy atom. The van der Waals surface area contributed by atoms with Crippen molar-refractivity contribution in [2.24, 2.45) is 0 Å². The van der Waals surface area contributed by atoms with Gasteiger partial charge in [0.05, 0.1) is 25.4 Å². The van der Waals surface area contributed by atoms with E-state index in [-0.39, 0.29) is 24.4 Å². The molecule has 114 valence electrons. The summed E-state index contributed by atoms with van der Waals surface area (Å²) in [5.74, 6) is 0.256. The molecular weight excluding hydrogens is 272 g/mol. The molecule has 1 saturated heterocycles. The van der Waals surface area contributed by atoms with E-state index in [0.717, 1.165) is 0 Å². The van der Waals surface area contributed by atoms with Gasteiger partial charge in [-0.05, 0) is 19.1 Å². The second-order valence-corrected chi connectivity index (χ2v) is 4.95. The number of amides is 2. The third-order valence-electron chi connectivity index (χ3n) is 3.47. The van der Waals surface area contributed by atoms with Crippen molar-refractivity contribution in [3.8, 4) is 5.75 Å². The van der Waals surface area contributed by atoms with Gasteiger partial charge in [-0.2, -0.15) is 0 Å². The Balaban J connectivity index is 2.00. The quantitative estimate of drug-likeness (QED) is 0.681. The molecule has 0 aromatic heterocycles. The number of nitrogens with zero attached hydrogens (tertiary/aromatic N) is 1. The molecule has 1 aliphatic heterocycles. The minimum Gasteiger partial charge on any atom is -0.494 e. The van der Waals surface area contributed by atoms with Crippen LogP contribution in [0, 0.1) is 0 Å². The highest BCUT2D eigenvalue weighted by Crippen LogP contribution is 2.26. The summed E-state index contributed by atoms with van der Waals surface area (Å²) in [6.07, 6.45) is 0. The van der Waals surface area contributed by atoms with Gasteiger partial charge < -0.3 is 21.1 Å². The topological polar surface area (TPSA) is 96.7 Å². The van der Waals surface area contributed by atoms with Crippen LogP contribution in [-0.2, 0) is 9.59 Å². The van der Waals surface area contributed by atoms with Gasteiger partial charge >= 0.3 is 0 Å². The molecule has 7 heteroatoms. The largest absolute Gasteiger partial charge is 0.494 e. The number of piperazine rings is 1. The summed E-state index contributed by atoms with van der Waals surface area (Å²) in [4.78, 5) is 25.5. The lowest BCUT2D eigenvalue weighted by molar-refractivity contribution is -0.129. The van der Waals surface area contributed by atoms with Gasteiger partial charge in [0.25, 0.3) is 0 Å². The minimum atomic E-state index is -0.308. The summed E-state index contributed by atoms with van der Waals surface area (Å²) in [7, 11) is 1.52. The highest BCUT2D eigenvalue weighted by atomic mass is 16.5. The van der Waals surface area contributed by atoms with Gasteiger partial charge in [0, 0.05) is 24.8 Å². The number of methoxy groups -OCH3 is 1. The van der Waals surface area contributed by atoms with E-state index in [4.69, 9.17) is 10.5 Å². The zero-order chi connectivity index (χ0) is 15.4. The predicted octanol–water partition coefficient (Wildman–Crippen LogP) is 0.0362. The van der Waals surface area contributed by atoms with Gasteiger partial charge in [0.2, 0.25) is 11.8 Å². The molecule has 0 aliphatic carbocycles. The van der Waals surface area contributed by atoms with Crippen LogP contribution in [0.15, 0.2) is 18.2 Å². The average molecular weight is 292 g/mol. The zero-order valence-corrected chi connectivity index (χ0v) is 12.2. The van der Waals surface area contributed by atoms with Gasteiger partial charge in [-0.25, -0.2) is 0 Å². The smallest absolute Gasteiger partial charge is 0.238 e. The van der Waals surface area contributed by atoms with E-state index in [1.54, 1.807) is 25.1 Å². The normalized spacial score (nSPS) is 19.0. The molecule has 7 nitrogen and oxygen atoms in total. The van der Waals surface area contributed by atoms with Crippen LogP contribution in [0.2, 0.25) is 0 Å². The van der Waals surface area contributed by atoms with Crippen LogP contribution in [0.5, 0.6) is 5.75 Å². The molecule has 1 heterocycles. The van der Waals surface area contributed by atoms with Crippen molar-refractivity contribution in [3.05, 3.63) is 18.2 Å². The number of hydrogen-bond acceptors (Lipinski definition) is 5. The molecule has 2 amide bonds. The molecule has 1 atom stereocenters. The molecule has 1 aliphatic rings. The Hall–Kier alpha value is -2.28. The summed E-state index contributed by atoms with van der Waals surface area (Å²) in [6, 6.07) is 4.72. The zero-order valence-electron chi connectivity index (χ0n) is 12.2. The highest BCUT2D eigenvalue weighted by molar-refractivity contribution is 5.94. The van der Waals surface area contributed by atoms with Crippen LogP contribution < -0.4 is 21.1 Å². The first-order valence-electron chi connectivity index (χ1n) is 6.76. The van der Waals surface area contributed by atoms with Crippen molar-refractivity contribution < 1.29 is 14.3 Å². The molecule has 1 fully saturated rings. The molecule has 1 aromatic rings. The van der Waals surface area contributed by atoms with Crippen LogP contribution in [0.1, 0.15) is 6.92 Å². The Kier molecular flexibility index (Phi) is 4.64. The number of anilines is 2. The van der Waals surface area contributed by atoms with Gasteiger partial charge in [-0.1, -0.05) is 0 Å². The second kappa shape index (κ2) is 6.45. The number of nitrogens with two attached hydrogens (primary N) is 1. The summed E-state index contributed by atoms with van der Waals surface area (Å²) >= 11 is 0. The summed E-state index contributed by atoms with van der Waals surface area (Å²) in [5, 5.41) is 5.54. The maximum absolute atomic E-state index is 12.1. The van der Waals surface area contributed by atoms with Crippen molar-refractivity contribution in [1.29, 1.82) is 0 Å². The van der Waals surface area contributed by atoms with Crippen molar-refractivity contribution in [2.75, 3.05) is 37.8 Å². The third kappa shape index (κ3) is 3.63. The van der Waals surface area contributed by atoms with Crippen molar-refractivity contribution in [2.45, 2.75) is 13.0 Å². The molecule has 4 N–H and O–H groups in total. The molecular formula is C14H20N4O3. The average Bonchev–Trinajstić information content (AvgIpc) is 2.45. The number of carbonyl (C=O) groups is 2. The molecule has 0 bridgehead atoms. The molecule has 0 spiro atoms. The summed E-state index contributed by atoms with van der Waals surface area (Å²) < 4.78 is 5.18. The van der Waals surface area contributed by atoms with E-state index in [9.17, 15) is 9.59 Å². The van der Waals surface area contributed by atoms with Crippen LogP contribution in [0.25, 0.3) is 0 Å². The van der Waals surface area contributed by atoms with Crippen molar-refractivity contribution >= 4 is 23.2 Å². The van der Waals surface area contributed by atoms with Crippen LogP contribution in [0.3, 0.4) is 0 Å². The molecule has 2 rings (SSSR count). The Morgan fingerprint density at radius 1 is 1.57 bits per heavy atom. The number of carbonyl (C=O) groups excluding carboxylic acids is 2. The van der Waals surface area contributed by atoms with Crippen LogP contribution in [0.4, 0.5) is 11.4 Å². The molecule has 1 unspecified atom stereocenters. The predicted molar refractivity (Wildman–Crippen MR) is 80.1 cm³/mol. The molecule has 21 heavy (non-hydrogen) atoms. The SMILES string of the molecule is COc1cc(N)ccc1NC(=O)CN1CCNC(=O)C1C. The van der Waals surface area contributed by atoms with Crippen LogP contribution >= 0.6 is 0 Å². The third-order valence-corrected chi connectivity index (χ3v) is 3.47. The molecule has 0 radical (unpaired) electrons. The second-order valence-electron chi connectivity index (χ2n) is 4.95. The molecule has 0 saturated carbocycles. The highest BCUT2D eigenvalue weighted by Gasteiger charge is 2.26. The van der Waals surface area contributed by atoms with E-state index >= 15 is 0 Å². The fourth-order valence-electron chi connectivity index (χ4n) is 2.23. The monoisotopic (exact) mass is 292 g/mol. The summed E-state index contributed by atoms with van der Waals surface area (Å²) in [5.41, 5.74) is 6.79. The molecule has 1 aromatic carbocycles. The fourth-order valence-corrected chi connectivity index (χ4v) is 2.23. The number of rotatable bonds is 4. The summed E-state index contributed by atoms with van der Waals surface area (Å²) in [6.45, 7) is 3.15. The van der Waals surface area contributed by atoms with Gasteiger partial charge in [-0.3, -0.25) is 14.5 Å². The lowest BCUT2D eigenvalue weighted by Crippen LogP contribution is -2.55. The number of nitrogens with one attached hydrogen (secondary N) is 2. The van der Waals surface area contributed by atoms with Crippen LogP contribution in [-0.4, -0.2) is 49.5 Å². The lowest BCUT2D eigenvalue weighted by Gasteiger charge is -2.32. The van der Waals surface area contributed by atoms with E-state index in [2.05, 4.69) is 10.6 Å². The number of benzene rings is 1. The maximum Gasteiger partial charge on any atom is 0.238 e. The number of ether oxygens (including phenoxy) is 1. The van der Waals surface area contributed by atoms with Gasteiger partial charge in [-0.15, -0.1) is 0 Å². The van der Waals surface area contributed by atoms with Gasteiger partial charge in [0.15, 0.2) is 0 Å². The van der Waals surface area contributed by atoms with E-state index < -0.39 is 0 Å². The maximum atomic E-state index is 12.1. The van der Waals surface area contributed by atoms with E-state index in [0.29, 0.717) is 30.2 Å². The first-order chi connectivity index (χ1) is 10.0. The minimum absolute atomic E-state index is 0.0564. The van der Waals surface area contributed by atoms with Gasteiger partial charge in [0.1, 0.15) is 5.75 Å². The van der Waals surface area contributed by atoms with E-state index in [1.165, 1.54) is 7.11 Å². The van der Waals surface area contributed by atoms with E-state index in [1.807, 2.05) is 4.90 Å².